The number of nitrogens with one attached hydrogen (secondary N) is 1. The van der Waals surface area contributed by atoms with Gasteiger partial charge < -0.3 is 14.6 Å². The molecule has 0 radical (unpaired) electrons. The lowest BCUT2D eigenvalue weighted by Crippen LogP contribution is -2.42. The van der Waals surface area contributed by atoms with E-state index in [1.807, 2.05) is 31.2 Å². The molecule has 3 aromatic rings. The second kappa shape index (κ2) is 11.0. The van der Waals surface area contributed by atoms with Gasteiger partial charge in [0.15, 0.2) is 0 Å². The molecule has 1 aliphatic rings. The Morgan fingerprint density at radius 3 is 2.94 bits per heavy atom. The zero-order chi connectivity index (χ0) is 23.2. The molecule has 1 fully saturated rings. The Kier molecular flexibility index (Phi) is 7.85. The van der Waals surface area contributed by atoms with E-state index in [1.165, 1.54) is 0 Å². The van der Waals surface area contributed by atoms with Crippen molar-refractivity contribution in [1.82, 2.24) is 20.4 Å². The molecule has 1 aromatic heterocycles. The first kappa shape index (κ1) is 23.5. The maximum absolute atomic E-state index is 12.8. The average molecular weight is 489 g/mol. The summed E-state index contributed by atoms with van der Waals surface area (Å²) < 4.78 is 11.1. The van der Waals surface area contributed by atoms with Crippen molar-refractivity contribution >= 4 is 29.1 Å². The maximum Gasteiger partial charge on any atom is 0.241 e. The fraction of sp³-hybridized carbons (Fsp3) is 0.375. The number of aromatic nitrogens is 2. The van der Waals surface area contributed by atoms with Gasteiger partial charge in [-0.1, -0.05) is 46.6 Å². The van der Waals surface area contributed by atoms with E-state index in [0.717, 1.165) is 30.7 Å². The minimum atomic E-state index is -0.0916. The van der Waals surface area contributed by atoms with Crippen LogP contribution in [0.25, 0.3) is 11.4 Å². The van der Waals surface area contributed by atoms with Crippen LogP contribution in [0, 0.1) is 5.92 Å². The van der Waals surface area contributed by atoms with Crippen LogP contribution in [0.15, 0.2) is 47.0 Å². The number of nitrogens with zero attached hydrogens (tertiary/aromatic N) is 3. The van der Waals surface area contributed by atoms with E-state index in [9.17, 15) is 4.79 Å². The van der Waals surface area contributed by atoms with Gasteiger partial charge >= 0.3 is 0 Å². The van der Waals surface area contributed by atoms with Crippen LogP contribution >= 0.6 is 23.2 Å². The summed E-state index contributed by atoms with van der Waals surface area (Å²) >= 11 is 12.2. The second-order valence-electron chi connectivity index (χ2n) is 7.97. The number of ether oxygens (including phenoxy) is 1. The van der Waals surface area contributed by atoms with Gasteiger partial charge in [0, 0.05) is 29.2 Å². The number of carbonyl (C=O) groups is 1. The Hall–Kier alpha value is -2.61. The van der Waals surface area contributed by atoms with Crippen molar-refractivity contribution < 1.29 is 14.1 Å². The molecule has 2 aromatic carbocycles. The Morgan fingerprint density at radius 2 is 2.12 bits per heavy atom. The van der Waals surface area contributed by atoms with Gasteiger partial charge in [0.2, 0.25) is 17.6 Å². The van der Waals surface area contributed by atoms with E-state index in [1.54, 1.807) is 18.2 Å². The van der Waals surface area contributed by atoms with E-state index in [2.05, 4.69) is 20.4 Å². The number of rotatable bonds is 8. The summed E-state index contributed by atoms with van der Waals surface area (Å²) in [6.45, 7) is 4.97. The van der Waals surface area contributed by atoms with Crippen LogP contribution in [0.4, 0.5) is 0 Å². The lowest BCUT2D eigenvalue weighted by Gasteiger charge is -2.30. The van der Waals surface area contributed by atoms with Crippen molar-refractivity contribution in [2.24, 2.45) is 5.92 Å². The lowest BCUT2D eigenvalue weighted by atomic mass is 9.97. The van der Waals surface area contributed by atoms with Gasteiger partial charge in [-0.2, -0.15) is 4.98 Å². The van der Waals surface area contributed by atoms with E-state index < -0.39 is 0 Å². The largest absolute Gasteiger partial charge is 0.494 e. The molecular weight excluding hydrogens is 463 g/mol. The van der Waals surface area contributed by atoms with Crippen molar-refractivity contribution in [2.45, 2.75) is 32.9 Å². The molecule has 4 rings (SSSR count). The van der Waals surface area contributed by atoms with Crippen LogP contribution in [0.2, 0.25) is 10.0 Å². The zero-order valence-corrected chi connectivity index (χ0v) is 19.9. The van der Waals surface area contributed by atoms with Crippen molar-refractivity contribution in [2.75, 3.05) is 19.7 Å². The highest BCUT2D eigenvalue weighted by atomic mass is 35.5. The number of hydrogen-bond donors (Lipinski definition) is 1. The molecule has 174 valence electrons. The highest BCUT2D eigenvalue weighted by Gasteiger charge is 2.27. The Morgan fingerprint density at radius 1 is 1.27 bits per heavy atom. The zero-order valence-electron chi connectivity index (χ0n) is 18.4. The first-order valence-electron chi connectivity index (χ1n) is 11.0. The monoisotopic (exact) mass is 488 g/mol. The number of hydrogen-bond acceptors (Lipinski definition) is 6. The fourth-order valence-corrected chi connectivity index (χ4v) is 4.47. The number of amides is 1. The van der Waals surface area contributed by atoms with Crippen molar-refractivity contribution in [3.63, 3.8) is 0 Å². The van der Waals surface area contributed by atoms with Crippen molar-refractivity contribution in [1.29, 1.82) is 0 Å². The third kappa shape index (κ3) is 6.05. The van der Waals surface area contributed by atoms with E-state index in [-0.39, 0.29) is 11.8 Å². The van der Waals surface area contributed by atoms with Gasteiger partial charge in [0.1, 0.15) is 5.75 Å². The van der Waals surface area contributed by atoms with Crippen molar-refractivity contribution in [3.05, 3.63) is 64.0 Å². The summed E-state index contributed by atoms with van der Waals surface area (Å²) in [6.07, 6.45) is 1.78. The number of benzene rings is 2. The highest BCUT2D eigenvalue weighted by Crippen LogP contribution is 2.29. The van der Waals surface area contributed by atoms with E-state index in [0.29, 0.717) is 53.6 Å². The van der Waals surface area contributed by atoms with E-state index >= 15 is 0 Å². The number of para-hydroxylation sites is 1. The van der Waals surface area contributed by atoms with Gasteiger partial charge in [-0.25, -0.2) is 0 Å². The molecular formula is C24H26Cl2N4O3. The minimum absolute atomic E-state index is 0.0464. The predicted molar refractivity (Wildman–Crippen MR) is 127 cm³/mol. The molecule has 0 saturated carbocycles. The molecule has 7 nitrogen and oxygen atoms in total. The van der Waals surface area contributed by atoms with Gasteiger partial charge in [-0.3, -0.25) is 9.69 Å². The topological polar surface area (TPSA) is 80.5 Å². The van der Waals surface area contributed by atoms with Crippen LogP contribution in [-0.2, 0) is 17.9 Å². The maximum atomic E-state index is 12.8. The van der Waals surface area contributed by atoms with E-state index in [4.69, 9.17) is 32.5 Å². The number of halogens is 2. The smallest absolute Gasteiger partial charge is 0.241 e. The van der Waals surface area contributed by atoms with Crippen LogP contribution in [0.3, 0.4) is 0 Å². The third-order valence-electron chi connectivity index (χ3n) is 5.60. The van der Waals surface area contributed by atoms with Gasteiger partial charge in [-0.05, 0) is 50.6 Å². The standard InChI is InChI=1S/C24H26Cl2N4O3/c1-2-32-21-8-4-3-6-16(21)13-27-24(31)17-7-5-11-30(14-17)15-22-28-23(29-33-22)19-10-9-18(25)12-20(19)26/h3-4,6,8-10,12,17H,2,5,7,11,13-15H2,1H3,(H,27,31). The summed E-state index contributed by atoms with van der Waals surface area (Å²) in [7, 11) is 0. The first-order chi connectivity index (χ1) is 16.0. The molecule has 0 aliphatic carbocycles. The Labute approximate surface area is 203 Å². The van der Waals surface area contributed by atoms with Crippen LogP contribution in [0.1, 0.15) is 31.2 Å². The molecule has 1 N–H and O–H groups in total. The Balaban J connectivity index is 1.33. The molecule has 1 amide bonds. The van der Waals surface area contributed by atoms with Gasteiger partial charge in [0.25, 0.3) is 0 Å². The predicted octanol–water partition coefficient (Wildman–Crippen LogP) is 4.97. The first-order valence-corrected chi connectivity index (χ1v) is 11.8. The molecule has 1 saturated heterocycles. The summed E-state index contributed by atoms with van der Waals surface area (Å²) in [5.74, 6) is 1.67. The lowest BCUT2D eigenvalue weighted by molar-refractivity contribution is -0.127. The summed E-state index contributed by atoms with van der Waals surface area (Å²) in [5, 5.41) is 8.13. The fourth-order valence-electron chi connectivity index (χ4n) is 3.98. The van der Waals surface area contributed by atoms with Gasteiger partial charge in [-0.15, -0.1) is 0 Å². The highest BCUT2D eigenvalue weighted by molar-refractivity contribution is 6.36. The number of carbonyl (C=O) groups excluding carboxylic acids is 1. The molecule has 1 unspecified atom stereocenters. The van der Waals surface area contributed by atoms with Crippen LogP contribution in [-0.4, -0.2) is 40.6 Å². The second-order valence-corrected chi connectivity index (χ2v) is 8.81. The van der Waals surface area contributed by atoms with Crippen LogP contribution < -0.4 is 10.1 Å². The minimum Gasteiger partial charge on any atom is -0.494 e. The molecule has 9 heteroatoms. The molecule has 1 aliphatic heterocycles. The summed E-state index contributed by atoms with van der Waals surface area (Å²) in [5.41, 5.74) is 1.64. The molecule has 0 spiro atoms. The molecule has 1 atom stereocenters. The summed E-state index contributed by atoms with van der Waals surface area (Å²) in [6, 6.07) is 12.9. The Bertz CT molecular complexity index is 1100. The van der Waals surface area contributed by atoms with Gasteiger partial charge in [0.05, 0.1) is 24.1 Å². The SMILES string of the molecule is CCOc1ccccc1CNC(=O)C1CCCN(Cc2nc(-c3ccc(Cl)cc3Cl)no2)C1. The van der Waals surface area contributed by atoms with Crippen molar-refractivity contribution in [3.8, 4) is 17.1 Å². The quantitative estimate of drug-likeness (QED) is 0.481. The number of piperidine rings is 1. The number of likely N-dealkylation sites (tertiary alicyclic amines) is 1. The van der Waals surface area contributed by atoms with Crippen LogP contribution in [0.5, 0.6) is 5.75 Å². The normalized spacial score (nSPS) is 16.5. The molecule has 0 bridgehead atoms. The average Bonchev–Trinajstić information content (AvgIpc) is 3.26. The molecule has 2 heterocycles. The summed E-state index contributed by atoms with van der Waals surface area (Å²) in [4.78, 5) is 19.5. The third-order valence-corrected chi connectivity index (χ3v) is 6.15. The molecule has 33 heavy (non-hydrogen) atoms.